The third-order valence-corrected chi connectivity index (χ3v) is 10.1. The summed E-state index contributed by atoms with van der Waals surface area (Å²) in [6.45, 7) is 16.3. The van der Waals surface area contributed by atoms with E-state index in [0.717, 1.165) is 44.6 Å². The smallest absolute Gasteiger partial charge is 0.166 e. The monoisotopic (exact) mass is 715 g/mol. The molecule has 0 N–H and O–H groups in total. The highest BCUT2D eigenvalue weighted by Crippen LogP contribution is 2.38. The first-order valence-electron chi connectivity index (χ1n) is 22.3. The van der Waals surface area contributed by atoms with E-state index < -0.39 is 5.79 Å². The van der Waals surface area contributed by atoms with Crippen molar-refractivity contribution < 1.29 is 14.2 Å². The fourth-order valence-corrected chi connectivity index (χ4v) is 6.70. The van der Waals surface area contributed by atoms with Crippen LogP contribution in [0, 0.1) is 11.8 Å². The zero-order valence-electron chi connectivity index (χ0n) is 35.7. The normalized spacial score (nSPS) is 20.1. The van der Waals surface area contributed by atoms with E-state index in [1.165, 1.54) is 135 Å². The Morgan fingerprint density at radius 3 is 1.24 bits per heavy atom. The van der Waals surface area contributed by atoms with Gasteiger partial charge in [-0.15, -0.1) is 0 Å². The molecule has 0 aromatic carbocycles. The van der Waals surface area contributed by atoms with Crippen molar-refractivity contribution in [2.45, 2.75) is 233 Å². The molecule has 1 heterocycles. The number of rotatable bonds is 33. The zero-order chi connectivity index (χ0) is 37.7. The second-order valence-electron chi connectivity index (χ2n) is 16.1. The van der Waals surface area contributed by atoms with Gasteiger partial charge in [0.1, 0.15) is 0 Å². The van der Waals surface area contributed by atoms with Crippen molar-refractivity contribution in [3.63, 3.8) is 0 Å². The molecule has 3 atom stereocenters. The molecule has 0 bridgehead atoms. The Kier molecular flexibility index (Phi) is 36.3. The Hall–Kier alpha value is -1.16. The van der Waals surface area contributed by atoms with Crippen molar-refractivity contribution in [2.75, 3.05) is 13.7 Å². The molecule has 0 aliphatic carbocycles. The summed E-state index contributed by atoms with van der Waals surface area (Å²) in [5, 5.41) is 0. The largest absolute Gasteiger partial charge is 0.384 e. The number of hydrogen-bond acceptors (Lipinski definition) is 3. The predicted octanol–water partition coefficient (Wildman–Crippen LogP) is 15.8. The lowest BCUT2D eigenvalue weighted by Gasteiger charge is -2.26. The zero-order valence-corrected chi connectivity index (χ0v) is 35.7. The fourth-order valence-electron chi connectivity index (χ4n) is 6.70. The van der Waals surface area contributed by atoms with Crippen LogP contribution < -0.4 is 0 Å². The molecule has 3 heteroatoms. The molecular weight excluding hydrogens is 625 g/mol. The van der Waals surface area contributed by atoms with Crippen molar-refractivity contribution in [2.24, 2.45) is 11.8 Å². The van der Waals surface area contributed by atoms with Crippen LogP contribution in [0.25, 0.3) is 0 Å². The molecule has 0 radical (unpaired) electrons. The highest BCUT2D eigenvalue weighted by Gasteiger charge is 2.44. The topological polar surface area (TPSA) is 27.7 Å². The molecule has 1 fully saturated rings. The van der Waals surface area contributed by atoms with Gasteiger partial charge in [-0.25, -0.2) is 0 Å². The van der Waals surface area contributed by atoms with Gasteiger partial charge in [-0.1, -0.05) is 174 Å². The van der Waals surface area contributed by atoms with Gasteiger partial charge in [-0.3, -0.25) is 0 Å². The van der Waals surface area contributed by atoms with E-state index >= 15 is 0 Å². The Bertz CT molecular complexity index is 770. The summed E-state index contributed by atoms with van der Waals surface area (Å²) in [5.74, 6) is 0.845. The number of methoxy groups -OCH3 is 1. The standard InChI is InChI=1S/C43H78O3.C5H12/c1-6-8-10-12-14-16-18-20-22-24-26-28-30-32-34-36-41-42(46-43(4,45-41)38-40(3)39-44-5)37-35-33-31-29-27-25-23-21-19-17-15-13-11-9-7-2;1-4-5(2)3/h14-17,20-23,40-42H,6-13,18-19,24-39H2,1-5H3;5H,4H2,1-3H3/b16-14-,17-15-,22-20-,23-21-;. The number of unbranched alkanes of at least 4 members (excludes halogenated alkanes) is 16. The van der Waals surface area contributed by atoms with E-state index in [1.807, 2.05) is 0 Å². The molecule has 1 rings (SSSR count). The van der Waals surface area contributed by atoms with E-state index in [9.17, 15) is 0 Å². The first kappa shape index (κ1) is 49.8. The Balaban J connectivity index is 0.00000464. The van der Waals surface area contributed by atoms with Crippen molar-refractivity contribution in [1.82, 2.24) is 0 Å². The second kappa shape index (κ2) is 37.2. The third-order valence-electron chi connectivity index (χ3n) is 10.1. The molecule has 1 saturated heterocycles. The molecule has 0 saturated carbocycles. The van der Waals surface area contributed by atoms with Crippen LogP contribution in [0.1, 0.15) is 215 Å². The number of allylic oxidation sites excluding steroid dienone is 8. The maximum atomic E-state index is 6.67. The Labute approximate surface area is 320 Å². The SMILES string of the molecule is CCC(C)C.CCCCC/C=C\C/C=C\CCCCCCCC1OC(C)(CC(C)COC)OC1CCCCCCC/C=C\C/C=C\CCCCC. The Morgan fingerprint density at radius 1 is 0.529 bits per heavy atom. The van der Waals surface area contributed by atoms with Crippen molar-refractivity contribution in [1.29, 1.82) is 0 Å². The summed E-state index contributed by atoms with van der Waals surface area (Å²) in [7, 11) is 1.79. The van der Waals surface area contributed by atoms with Gasteiger partial charge < -0.3 is 14.2 Å². The minimum absolute atomic E-state index is 0.239. The highest BCUT2D eigenvalue weighted by molar-refractivity contribution is 4.93. The second-order valence-corrected chi connectivity index (χ2v) is 16.1. The van der Waals surface area contributed by atoms with Crippen LogP contribution in [0.3, 0.4) is 0 Å². The molecule has 3 nitrogen and oxygen atoms in total. The van der Waals surface area contributed by atoms with Gasteiger partial charge in [0.05, 0.1) is 12.2 Å². The maximum Gasteiger partial charge on any atom is 0.166 e. The quantitative estimate of drug-likeness (QED) is 0.0500. The molecular formula is C48H90O3. The molecule has 1 aliphatic rings. The molecule has 51 heavy (non-hydrogen) atoms. The Morgan fingerprint density at radius 2 is 0.882 bits per heavy atom. The van der Waals surface area contributed by atoms with Crippen LogP contribution in [0.15, 0.2) is 48.6 Å². The van der Waals surface area contributed by atoms with E-state index in [0.29, 0.717) is 5.92 Å². The lowest BCUT2D eigenvalue weighted by Crippen LogP contribution is -2.30. The summed E-state index contributed by atoms with van der Waals surface area (Å²) in [4.78, 5) is 0. The van der Waals surface area contributed by atoms with Gasteiger partial charge >= 0.3 is 0 Å². The van der Waals surface area contributed by atoms with E-state index in [-0.39, 0.29) is 12.2 Å². The summed E-state index contributed by atoms with van der Waals surface area (Å²) in [6.07, 6.45) is 51.9. The predicted molar refractivity (Wildman–Crippen MR) is 228 cm³/mol. The molecule has 0 aromatic rings. The van der Waals surface area contributed by atoms with Crippen molar-refractivity contribution in [3.05, 3.63) is 48.6 Å². The van der Waals surface area contributed by atoms with E-state index in [2.05, 4.69) is 97.1 Å². The lowest BCUT2D eigenvalue weighted by atomic mass is 9.99. The highest BCUT2D eigenvalue weighted by atomic mass is 16.8. The van der Waals surface area contributed by atoms with Gasteiger partial charge in [0, 0.05) is 20.1 Å². The summed E-state index contributed by atoms with van der Waals surface area (Å²) in [5.41, 5.74) is 0. The minimum Gasteiger partial charge on any atom is -0.384 e. The molecule has 0 amide bonds. The van der Waals surface area contributed by atoms with Gasteiger partial charge in [0.25, 0.3) is 0 Å². The lowest BCUT2D eigenvalue weighted by molar-refractivity contribution is -0.175. The number of hydrogen-bond donors (Lipinski definition) is 0. The number of ether oxygens (including phenoxy) is 3. The van der Waals surface area contributed by atoms with Gasteiger partial charge in [0.2, 0.25) is 0 Å². The van der Waals surface area contributed by atoms with Crippen LogP contribution in [-0.2, 0) is 14.2 Å². The third kappa shape index (κ3) is 33.2. The van der Waals surface area contributed by atoms with E-state index in [1.54, 1.807) is 7.11 Å². The van der Waals surface area contributed by atoms with Gasteiger partial charge in [0.15, 0.2) is 5.79 Å². The average Bonchev–Trinajstić information content (AvgIpc) is 3.42. The first-order valence-corrected chi connectivity index (χ1v) is 22.3. The van der Waals surface area contributed by atoms with Crippen LogP contribution >= 0.6 is 0 Å². The van der Waals surface area contributed by atoms with Crippen LogP contribution in [0.5, 0.6) is 0 Å². The summed E-state index contributed by atoms with van der Waals surface area (Å²) >= 11 is 0. The summed E-state index contributed by atoms with van der Waals surface area (Å²) in [6, 6.07) is 0. The molecule has 0 aromatic heterocycles. The van der Waals surface area contributed by atoms with E-state index in [4.69, 9.17) is 14.2 Å². The average molecular weight is 715 g/mol. The maximum absolute atomic E-state index is 6.67. The molecule has 1 aliphatic heterocycles. The fraction of sp³-hybridized carbons (Fsp3) is 0.833. The van der Waals surface area contributed by atoms with Gasteiger partial charge in [-0.2, -0.15) is 0 Å². The van der Waals surface area contributed by atoms with Gasteiger partial charge in [-0.05, 0) is 95.8 Å². The summed E-state index contributed by atoms with van der Waals surface area (Å²) < 4.78 is 18.7. The molecule has 3 unspecified atom stereocenters. The van der Waals surface area contributed by atoms with Crippen LogP contribution in [-0.4, -0.2) is 31.7 Å². The van der Waals surface area contributed by atoms with Crippen LogP contribution in [0.4, 0.5) is 0 Å². The minimum atomic E-state index is -0.471. The molecule has 0 spiro atoms. The first-order chi connectivity index (χ1) is 24.8. The van der Waals surface area contributed by atoms with Crippen LogP contribution in [0.2, 0.25) is 0 Å². The van der Waals surface area contributed by atoms with Crippen molar-refractivity contribution in [3.8, 4) is 0 Å². The van der Waals surface area contributed by atoms with Crippen molar-refractivity contribution >= 4 is 0 Å². The molecule has 300 valence electrons.